The van der Waals surface area contributed by atoms with Gasteiger partial charge in [-0.05, 0) is 25.8 Å². The first-order valence-electron chi connectivity index (χ1n) is 8.31. The molecular weight excluding hydrogens is 250 g/mol. The molecule has 2 saturated heterocycles. The second kappa shape index (κ2) is 7.74. The van der Waals surface area contributed by atoms with Crippen LogP contribution in [-0.2, 0) is 4.74 Å². The van der Waals surface area contributed by atoms with Crippen molar-refractivity contribution >= 4 is 0 Å². The summed E-state index contributed by atoms with van der Waals surface area (Å²) in [6, 6.07) is 0. The molecule has 1 unspecified atom stereocenters. The minimum atomic E-state index is 0.340. The van der Waals surface area contributed by atoms with Gasteiger partial charge < -0.3 is 19.9 Å². The maximum atomic E-state index is 5.78. The Morgan fingerprint density at radius 2 is 1.85 bits per heavy atom. The highest BCUT2D eigenvalue weighted by Gasteiger charge is 2.35. The third-order valence-electron chi connectivity index (χ3n) is 4.60. The second-order valence-corrected chi connectivity index (χ2v) is 7.16. The molecule has 4 heteroatoms. The van der Waals surface area contributed by atoms with E-state index in [0.29, 0.717) is 5.41 Å². The van der Waals surface area contributed by atoms with Crippen LogP contribution >= 0.6 is 0 Å². The number of piperazine rings is 1. The molecule has 118 valence electrons. The third kappa shape index (κ3) is 4.69. The number of hydrogen-bond donors (Lipinski definition) is 1. The minimum absolute atomic E-state index is 0.340. The fraction of sp³-hybridized carbons (Fsp3) is 1.00. The highest BCUT2D eigenvalue weighted by Crippen LogP contribution is 2.29. The van der Waals surface area contributed by atoms with E-state index >= 15 is 0 Å². The lowest BCUT2D eigenvalue weighted by Crippen LogP contribution is -2.54. The summed E-state index contributed by atoms with van der Waals surface area (Å²) in [4.78, 5) is 5.27. The molecule has 2 aliphatic rings. The Kier molecular flexibility index (Phi) is 6.27. The molecule has 0 aromatic rings. The van der Waals surface area contributed by atoms with Gasteiger partial charge in [0.2, 0.25) is 0 Å². The molecule has 0 aromatic carbocycles. The molecule has 0 radical (unpaired) electrons. The van der Waals surface area contributed by atoms with E-state index in [2.05, 4.69) is 36.0 Å². The van der Waals surface area contributed by atoms with Crippen molar-refractivity contribution in [1.29, 1.82) is 0 Å². The van der Waals surface area contributed by atoms with Crippen LogP contribution in [-0.4, -0.2) is 75.9 Å². The van der Waals surface area contributed by atoms with Gasteiger partial charge in [0, 0.05) is 57.8 Å². The monoisotopic (exact) mass is 283 g/mol. The smallest absolute Gasteiger partial charge is 0.0546 e. The Morgan fingerprint density at radius 1 is 1.15 bits per heavy atom. The highest BCUT2D eigenvalue weighted by atomic mass is 16.5. The van der Waals surface area contributed by atoms with Gasteiger partial charge in [0.15, 0.2) is 0 Å². The van der Waals surface area contributed by atoms with Gasteiger partial charge in [-0.2, -0.15) is 0 Å². The number of ether oxygens (including phenoxy) is 1. The number of nitrogens with zero attached hydrogens (tertiary/aromatic N) is 2. The topological polar surface area (TPSA) is 27.7 Å². The first-order valence-corrected chi connectivity index (χ1v) is 8.31. The fourth-order valence-corrected chi connectivity index (χ4v) is 3.73. The van der Waals surface area contributed by atoms with Crippen molar-refractivity contribution in [1.82, 2.24) is 15.1 Å². The molecule has 20 heavy (non-hydrogen) atoms. The average Bonchev–Trinajstić information content (AvgIpc) is 2.42. The highest BCUT2D eigenvalue weighted by molar-refractivity contribution is 4.88. The van der Waals surface area contributed by atoms with E-state index in [0.717, 1.165) is 25.7 Å². The molecule has 0 aliphatic carbocycles. The van der Waals surface area contributed by atoms with Crippen molar-refractivity contribution in [3.8, 4) is 0 Å². The van der Waals surface area contributed by atoms with Crippen LogP contribution in [0, 0.1) is 11.3 Å². The van der Waals surface area contributed by atoms with Crippen LogP contribution in [0.25, 0.3) is 0 Å². The Bertz CT molecular complexity index is 263. The van der Waals surface area contributed by atoms with Crippen LogP contribution in [0.4, 0.5) is 0 Å². The molecule has 0 amide bonds. The molecule has 2 aliphatic heterocycles. The summed E-state index contributed by atoms with van der Waals surface area (Å²) in [6.07, 6.45) is 2.52. The molecule has 0 spiro atoms. The van der Waals surface area contributed by atoms with Crippen LogP contribution < -0.4 is 5.32 Å². The lowest BCUT2D eigenvalue weighted by molar-refractivity contribution is -0.0324. The van der Waals surface area contributed by atoms with E-state index in [9.17, 15) is 0 Å². The van der Waals surface area contributed by atoms with E-state index in [-0.39, 0.29) is 0 Å². The number of rotatable bonds is 6. The van der Waals surface area contributed by atoms with Crippen LogP contribution in [0.5, 0.6) is 0 Å². The maximum absolute atomic E-state index is 5.78. The first-order chi connectivity index (χ1) is 9.63. The molecular formula is C16H33N3O. The van der Waals surface area contributed by atoms with Gasteiger partial charge in [-0.25, -0.2) is 0 Å². The molecule has 4 nitrogen and oxygen atoms in total. The molecule has 2 heterocycles. The lowest BCUT2D eigenvalue weighted by atomic mass is 9.81. The standard InChI is InChI=1S/C16H33N3O/c1-15(2)11-18-6-8-19(9-7-18)13-16(12-17-3)5-4-10-20-14-16/h15,17H,4-14H2,1-3H3. The number of nitrogens with one attached hydrogen (secondary N) is 1. The SMILES string of the molecule is CNCC1(CN2CCN(CC(C)C)CC2)CCCOC1. The van der Waals surface area contributed by atoms with Gasteiger partial charge in [-0.3, -0.25) is 0 Å². The summed E-state index contributed by atoms with van der Waals surface area (Å²) in [5.74, 6) is 0.781. The van der Waals surface area contributed by atoms with E-state index in [1.807, 2.05) is 0 Å². The fourth-order valence-electron chi connectivity index (χ4n) is 3.73. The summed E-state index contributed by atoms with van der Waals surface area (Å²) in [5.41, 5.74) is 0.340. The van der Waals surface area contributed by atoms with Crippen LogP contribution in [0.15, 0.2) is 0 Å². The van der Waals surface area contributed by atoms with E-state index < -0.39 is 0 Å². The largest absolute Gasteiger partial charge is 0.381 e. The molecule has 2 fully saturated rings. The van der Waals surface area contributed by atoms with Gasteiger partial charge in [-0.15, -0.1) is 0 Å². The summed E-state index contributed by atoms with van der Waals surface area (Å²) >= 11 is 0. The van der Waals surface area contributed by atoms with Crippen molar-refractivity contribution in [3.63, 3.8) is 0 Å². The summed E-state index contributed by atoms with van der Waals surface area (Å²) < 4.78 is 5.78. The van der Waals surface area contributed by atoms with Gasteiger partial charge in [0.1, 0.15) is 0 Å². The number of hydrogen-bond acceptors (Lipinski definition) is 4. The van der Waals surface area contributed by atoms with Gasteiger partial charge in [0.05, 0.1) is 6.61 Å². The van der Waals surface area contributed by atoms with Crippen molar-refractivity contribution in [3.05, 3.63) is 0 Å². The molecule has 0 bridgehead atoms. The average molecular weight is 283 g/mol. The normalized spacial score (nSPS) is 30.0. The van der Waals surface area contributed by atoms with Crippen molar-refractivity contribution in [2.75, 3.05) is 66.1 Å². The summed E-state index contributed by atoms with van der Waals surface area (Å²) in [7, 11) is 2.07. The van der Waals surface area contributed by atoms with E-state index in [1.54, 1.807) is 0 Å². The van der Waals surface area contributed by atoms with Crippen LogP contribution in [0.1, 0.15) is 26.7 Å². The van der Waals surface area contributed by atoms with Crippen molar-refractivity contribution in [2.45, 2.75) is 26.7 Å². The second-order valence-electron chi connectivity index (χ2n) is 7.16. The quantitative estimate of drug-likeness (QED) is 0.795. The van der Waals surface area contributed by atoms with Crippen LogP contribution in [0.2, 0.25) is 0 Å². The van der Waals surface area contributed by atoms with Gasteiger partial charge in [0.25, 0.3) is 0 Å². The Balaban J connectivity index is 1.80. The first kappa shape index (κ1) is 16.2. The lowest BCUT2D eigenvalue weighted by Gasteiger charge is -2.43. The Hall–Kier alpha value is -0.160. The molecule has 2 rings (SSSR count). The predicted molar refractivity (Wildman–Crippen MR) is 84.1 cm³/mol. The molecule has 0 saturated carbocycles. The van der Waals surface area contributed by atoms with Gasteiger partial charge >= 0.3 is 0 Å². The molecule has 0 aromatic heterocycles. The van der Waals surface area contributed by atoms with Crippen molar-refractivity contribution < 1.29 is 4.74 Å². The molecule has 1 atom stereocenters. The van der Waals surface area contributed by atoms with E-state index in [4.69, 9.17) is 4.74 Å². The summed E-state index contributed by atoms with van der Waals surface area (Å²) in [5, 5.41) is 3.39. The zero-order chi connectivity index (χ0) is 14.4. The third-order valence-corrected chi connectivity index (χ3v) is 4.60. The summed E-state index contributed by atoms with van der Waals surface area (Å²) in [6.45, 7) is 14.9. The van der Waals surface area contributed by atoms with Crippen molar-refractivity contribution in [2.24, 2.45) is 11.3 Å². The maximum Gasteiger partial charge on any atom is 0.0546 e. The van der Waals surface area contributed by atoms with E-state index in [1.165, 1.54) is 52.1 Å². The Morgan fingerprint density at radius 3 is 2.40 bits per heavy atom. The Labute approximate surface area is 124 Å². The zero-order valence-corrected chi connectivity index (χ0v) is 13.7. The van der Waals surface area contributed by atoms with Crippen LogP contribution in [0.3, 0.4) is 0 Å². The zero-order valence-electron chi connectivity index (χ0n) is 13.7. The van der Waals surface area contributed by atoms with Gasteiger partial charge in [-0.1, -0.05) is 13.8 Å². The minimum Gasteiger partial charge on any atom is -0.381 e. The predicted octanol–water partition coefficient (Wildman–Crippen LogP) is 1.28. The molecule has 1 N–H and O–H groups in total.